The molecule has 0 saturated carbocycles. The number of halogens is 1. The van der Waals surface area contributed by atoms with Crippen LogP contribution in [-0.4, -0.2) is 19.1 Å². The van der Waals surface area contributed by atoms with Gasteiger partial charge in [-0.1, -0.05) is 48.0 Å². The number of nitro benzene ring substituents is 1. The third-order valence-corrected chi connectivity index (χ3v) is 5.70. The molecule has 0 unspecified atom stereocenters. The van der Waals surface area contributed by atoms with Gasteiger partial charge in [0.1, 0.15) is 5.69 Å². The number of nitro groups is 1. The molecule has 0 bridgehead atoms. The molecule has 154 valence electrons. The second-order valence-electron chi connectivity index (χ2n) is 6.23. The van der Waals surface area contributed by atoms with Crippen molar-refractivity contribution in [1.82, 2.24) is 0 Å². The smallest absolute Gasteiger partial charge is 0.280 e. The summed E-state index contributed by atoms with van der Waals surface area (Å²) < 4.78 is 27.6. The van der Waals surface area contributed by atoms with Gasteiger partial charge in [-0.05, 0) is 42.8 Å². The van der Waals surface area contributed by atoms with Crippen LogP contribution in [0.15, 0.2) is 82.8 Å². The minimum atomic E-state index is -4.05. The van der Waals surface area contributed by atoms with Gasteiger partial charge in [0.15, 0.2) is 0 Å². The Labute approximate surface area is 178 Å². The van der Waals surface area contributed by atoms with Crippen molar-refractivity contribution in [3.05, 3.63) is 93.5 Å². The van der Waals surface area contributed by atoms with Gasteiger partial charge >= 0.3 is 0 Å². The second kappa shape index (κ2) is 8.93. The molecular formula is C20H17ClN4O4S. The summed E-state index contributed by atoms with van der Waals surface area (Å²) in [5, 5.41) is 16.0. The van der Waals surface area contributed by atoms with Crippen LogP contribution in [0.3, 0.4) is 0 Å². The lowest BCUT2D eigenvalue weighted by Crippen LogP contribution is -2.13. The summed E-state index contributed by atoms with van der Waals surface area (Å²) in [6, 6.07) is 19.0. The Hall–Kier alpha value is -3.43. The van der Waals surface area contributed by atoms with Crippen molar-refractivity contribution in [2.45, 2.75) is 11.8 Å². The van der Waals surface area contributed by atoms with E-state index in [1.807, 2.05) is 30.3 Å². The Morgan fingerprint density at radius 1 is 1.03 bits per heavy atom. The summed E-state index contributed by atoms with van der Waals surface area (Å²) in [6.45, 7) is 1.75. The lowest BCUT2D eigenvalue weighted by molar-refractivity contribution is -0.384. The number of nitrogens with one attached hydrogen (secondary N) is 2. The van der Waals surface area contributed by atoms with Crippen LogP contribution in [0.5, 0.6) is 0 Å². The zero-order chi connectivity index (χ0) is 21.7. The van der Waals surface area contributed by atoms with Crippen molar-refractivity contribution < 1.29 is 13.3 Å². The summed E-state index contributed by atoms with van der Waals surface area (Å²) in [5.74, 6) is 0. The summed E-state index contributed by atoms with van der Waals surface area (Å²) in [4.78, 5) is 10.6. The predicted octanol–water partition coefficient (Wildman–Crippen LogP) is 4.89. The largest absolute Gasteiger partial charge is 0.295 e. The maximum absolute atomic E-state index is 12.6. The number of nitrogens with zero attached hydrogens (tertiary/aromatic N) is 2. The van der Waals surface area contributed by atoms with E-state index in [1.165, 1.54) is 24.3 Å². The molecule has 8 nitrogen and oxygen atoms in total. The van der Waals surface area contributed by atoms with Crippen LogP contribution < -0.4 is 10.1 Å². The molecule has 10 heteroatoms. The summed E-state index contributed by atoms with van der Waals surface area (Å²) in [5.41, 5.74) is 3.99. The highest BCUT2D eigenvalue weighted by Crippen LogP contribution is 2.29. The van der Waals surface area contributed by atoms with Crippen LogP contribution in [0.4, 0.5) is 17.1 Å². The van der Waals surface area contributed by atoms with Crippen molar-refractivity contribution >= 4 is 44.4 Å². The van der Waals surface area contributed by atoms with E-state index in [0.29, 0.717) is 10.7 Å². The summed E-state index contributed by atoms with van der Waals surface area (Å²) in [6.07, 6.45) is 0. The number of hydrogen-bond donors (Lipinski definition) is 2. The molecule has 0 amide bonds. The van der Waals surface area contributed by atoms with Gasteiger partial charge in [0.2, 0.25) is 0 Å². The number of benzene rings is 3. The van der Waals surface area contributed by atoms with E-state index < -0.39 is 20.6 Å². The number of hydrogen-bond acceptors (Lipinski definition) is 6. The van der Waals surface area contributed by atoms with Crippen molar-refractivity contribution in [2.24, 2.45) is 5.10 Å². The van der Waals surface area contributed by atoms with Crippen molar-refractivity contribution in [1.29, 1.82) is 0 Å². The molecule has 3 rings (SSSR count). The van der Waals surface area contributed by atoms with E-state index >= 15 is 0 Å². The zero-order valence-corrected chi connectivity index (χ0v) is 17.3. The fourth-order valence-electron chi connectivity index (χ4n) is 2.58. The second-order valence-corrected chi connectivity index (χ2v) is 8.35. The summed E-state index contributed by atoms with van der Waals surface area (Å²) in [7, 11) is -4.05. The van der Waals surface area contributed by atoms with Crippen LogP contribution >= 0.6 is 11.6 Å². The van der Waals surface area contributed by atoms with E-state index in [4.69, 9.17) is 11.6 Å². The molecule has 0 heterocycles. The van der Waals surface area contributed by atoms with Crippen molar-refractivity contribution in [3.63, 3.8) is 0 Å². The van der Waals surface area contributed by atoms with Gasteiger partial charge in [-0.15, -0.1) is 0 Å². The zero-order valence-electron chi connectivity index (χ0n) is 15.7. The average Bonchev–Trinajstić information content (AvgIpc) is 2.72. The first-order valence-electron chi connectivity index (χ1n) is 8.69. The minimum Gasteiger partial charge on any atom is -0.280 e. The van der Waals surface area contributed by atoms with Gasteiger partial charge in [-0.2, -0.15) is 5.10 Å². The lowest BCUT2D eigenvalue weighted by atomic mass is 10.1. The third-order valence-electron chi connectivity index (χ3n) is 4.09. The van der Waals surface area contributed by atoms with Gasteiger partial charge in [-0.3, -0.25) is 20.3 Å². The summed E-state index contributed by atoms with van der Waals surface area (Å²) >= 11 is 5.87. The van der Waals surface area contributed by atoms with E-state index in [-0.39, 0.29) is 16.3 Å². The maximum atomic E-state index is 12.6. The molecule has 0 aliphatic carbocycles. The van der Waals surface area contributed by atoms with Crippen LogP contribution in [0, 0.1) is 10.1 Å². The first-order chi connectivity index (χ1) is 14.3. The van der Waals surface area contributed by atoms with Crippen LogP contribution in [0.2, 0.25) is 5.02 Å². The van der Waals surface area contributed by atoms with Crippen LogP contribution in [0.25, 0.3) is 0 Å². The van der Waals surface area contributed by atoms with Crippen molar-refractivity contribution in [2.75, 3.05) is 10.1 Å². The highest BCUT2D eigenvalue weighted by atomic mass is 35.5. The van der Waals surface area contributed by atoms with E-state index in [9.17, 15) is 18.5 Å². The Morgan fingerprint density at radius 2 is 1.77 bits per heavy atom. The first kappa shape index (κ1) is 21.3. The monoisotopic (exact) mass is 444 g/mol. The molecule has 3 aromatic carbocycles. The van der Waals surface area contributed by atoms with E-state index in [0.717, 1.165) is 11.6 Å². The molecule has 0 radical (unpaired) electrons. The quantitative estimate of drug-likeness (QED) is 0.306. The minimum absolute atomic E-state index is 0.0667. The Morgan fingerprint density at radius 3 is 2.43 bits per heavy atom. The van der Waals surface area contributed by atoms with E-state index in [1.54, 1.807) is 19.1 Å². The fraction of sp³-hybridized carbons (Fsp3) is 0.0500. The van der Waals surface area contributed by atoms with Gasteiger partial charge < -0.3 is 0 Å². The molecular weight excluding hydrogens is 428 g/mol. The molecule has 0 spiro atoms. The van der Waals surface area contributed by atoms with Gasteiger partial charge in [-0.25, -0.2) is 8.42 Å². The molecule has 0 aliphatic heterocycles. The average molecular weight is 445 g/mol. The fourth-order valence-corrected chi connectivity index (χ4v) is 3.84. The first-order valence-corrected chi connectivity index (χ1v) is 10.5. The molecule has 30 heavy (non-hydrogen) atoms. The van der Waals surface area contributed by atoms with Gasteiger partial charge in [0, 0.05) is 11.1 Å². The number of anilines is 2. The number of rotatable bonds is 7. The third kappa shape index (κ3) is 5.13. The highest BCUT2D eigenvalue weighted by molar-refractivity contribution is 7.92. The molecule has 0 atom stereocenters. The predicted molar refractivity (Wildman–Crippen MR) is 118 cm³/mol. The molecule has 0 saturated heterocycles. The molecule has 0 fully saturated rings. The molecule has 0 aromatic heterocycles. The Kier molecular flexibility index (Phi) is 6.34. The van der Waals surface area contributed by atoms with Crippen LogP contribution in [0.1, 0.15) is 12.5 Å². The molecule has 3 aromatic rings. The van der Waals surface area contributed by atoms with E-state index in [2.05, 4.69) is 15.2 Å². The van der Waals surface area contributed by atoms with Crippen LogP contribution in [-0.2, 0) is 10.0 Å². The lowest BCUT2D eigenvalue weighted by Gasteiger charge is -2.10. The van der Waals surface area contributed by atoms with Crippen molar-refractivity contribution in [3.8, 4) is 0 Å². The molecule has 0 aliphatic rings. The van der Waals surface area contributed by atoms with Gasteiger partial charge in [0.05, 0.1) is 21.2 Å². The number of hydrazone groups is 1. The Balaban J connectivity index is 1.89. The number of sulfonamides is 1. The highest BCUT2D eigenvalue weighted by Gasteiger charge is 2.21. The van der Waals surface area contributed by atoms with Gasteiger partial charge in [0.25, 0.3) is 15.7 Å². The standard InChI is InChI=1S/C20H17ClN4O4S/c1-14(15-6-3-2-4-7-15)22-23-19-11-10-18(13-20(19)25(26)27)30(28,29)24-17-9-5-8-16(21)12-17/h2-13,23-24H,1H3. The maximum Gasteiger partial charge on any atom is 0.295 e. The topological polar surface area (TPSA) is 114 Å². The Bertz CT molecular complexity index is 1210. The SMILES string of the molecule is CC(=NNc1ccc(S(=O)(=O)Nc2cccc(Cl)c2)cc1[N+](=O)[O-])c1ccccc1. The molecule has 2 N–H and O–H groups in total. The normalized spacial score (nSPS) is 11.7.